The predicted molar refractivity (Wildman–Crippen MR) is 78.7 cm³/mol. The third-order valence-electron chi connectivity index (χ3n) is 3.07. The van der Waals surface area contributed by atoms with Crippen molar-refractivity contribution in [3.8, 4) is 0 Å². The van der Waals surface area contributed by atoms with Crippen molar-refractivity contribution >= 4 is 21.5 Å². The molecule has 0 unspecified atom stereocenters. The van der Waals surface area contributed by atoms with E-state index in [9.17, 15) is 30.8 Å². The van der Waals surface area contributed by atoms with Crippen molar-refractivity contribution in [3.05, 3.63) is 59.4 Å². The highest BCUT2D eigenvalue weighted by atomic mass is 32.2. The monoisotopic (exact) mass is 361 g/mol. The summed E-state index contributed by atoms with van der Waals surface area (Å²) in [7, 11) is -4.38. The minimum absolute atomic E-state index is 0.000540. The number of halogens is 4. The number of hydrogen-bond donors (Lipinski definition) is 1. The topological polar surface area (TPSA) is 63.2 Å². The van der Waals surface area contributed by atoms with Gasteiger partial charge in [0, 0.05) is 11.3 Å². The molecule has 0 atom stereocenters. The first-order valence-corrected chi connectivity index (χ1v) is 7.99. The molecule has 0 fully saturated rings. The van der Waals surface area contributed by atoms with Crippen molar-refractivity contribution in [2.24, 2.45) is 0 Å². The Morgan fingerprint density at radius 1 is 1.08 bits per heavy atom. The molecule has 24 heavy (non-hydrogen) atoms. The van der Waals surface area contributed by atoms with Crippen LogP contribution >= 0.6 is 0 Å². The molecule has 1 N–H and O–H groups in total. The fourth-order valence-corrected chi connectivity index (χ4v) is 2.98. The number of carbonyl (C=O) groups excluding carboxylic acids is 1. The second-order valence-electron chi connectivity index (χ2n) is 4.88. The van der Waals surface area contributed by atoms with Gasteiger partial charge in [0.25, 0.3) is 10.0 Å². The first-order valence-electron chi connectivity index (χ1n) is 6.51. The van der Waals surface area contributed by atoms with Crippen LogP contribution in [-0.4, -0.2) is 14.2 Å². The van der Waals surface area contributed by atoms with Gasteiger partial charge in [-0.05, 0) is 37.3 Å². The summed E-state index contributed by atoms with van der Waals surface area (Å²) in [6.07, 6.45) is -5.02. The number of carbonyl (C=O) groups is 1. The molecule has 2 aromatic rings. The van der Waals surface area contributed by atoms with Crippen LogP contribution < -0.4 is 4.72 Å². The van der Waals surface area contributed by atoms with Gasteiger partial charge in [-0.15, -0.1) is 0 Å². The molecule has 0 radical (unpaired) electrons. The van der Waals surface area contributed by atoms with Crippen LogP contribution in [0.2, 0.25) is 0 Å². The fourth-order valence-electron chi connectivity index (χ4n) is 1.90. The minimum atomic E-state index is -5.02. The van der Waals surface area contributed by atoms with Crippen LogP contribution in [0.5, 0.6) is 0 Å². The average Bonchev–Trinajstić information content (AvgIpc) is 2.46. The second kappa shape index (κ2) is 6.23. The molecule has 0 bridgehead atoms. The number of nitrogens with one attached hydrogen (secondary N) is 1. The number of Topliss-reactive ketones (excluding diaryl/α,β-unsaturated/α-hetero) is 1. The number of anilines is 1. The third-order valence-corrected chi connectivity index (χ3v) is 4.45. The summed E-state index contributed by atoms with van der Waals surface area (Å²) in [6, 6.07) is 6.82. The quantitative estimate of drug-likeness (QED) is 0.665. The van der Waals surface area contributed by atoms with Gasteiger partial charge in [-0.3, -0.25) is 9.52 Å². The summed E-state index contributed by atoms with van der Waals surface area (Å²) in [4.78, 5) is 10.5. The fraction of sp³-hybridized carbons (Fsp3) is 0.133. The van der Waals surface area contributed by atoms with E-state index in [4.69, 9.17) is 0 Å². The standard InChI is InChI=1S/C15H11F4NO3S/c1-9(21)10-3-2-4-11(7-10)20-24(22,23)12-5-6-14(16)13(8-12)15(17,18)19/h2-8,20H,1H3. The van der Waals surface area contributed by atoms with E-state index in [0.29, 0.717) is 6.07 Å². The van der Waals surface area contributed by atoms with Gasteiger partial charge in [0.2, 0.25) is 0 Å². The molecule has 128 valence electrons. The summed E-state index contributed by atoms with van der Waals surface area (Å²) >= 11 is 0. The van der Waals surface area contributed by atoms with Crippen molar-refractivity contribution in [2.45, 2.75) is 18.0 Å². The van der Waals surface area contributed by atoms with Crippen LogP contribution in [0.1, 0.15) is 22.8 Å². The van der Waals surface area contributed by atoms with Gasteiger partial charge < -0.3 is 0 Å². The van der Waals surface area contributed by atoms with Crippen molar-refractivity contribution in [2.75, 3.05) is 4.72 Å². The van der Waals surface area contributed by atoms with Gasteiger partial charge >= 0.3 is 6.18 Å². The lowest BCUT2D eigenvalue weighted by atomic mass is 10.1. The van der Waals surface area contributed by atoms with Crippen LogP contribution in [0.4, 0.5) is 23.2 Å². The maximum absolute atomic E-state index is 13.2. The van der Waals surface area contributed by atoms with Crippen LogP contribution in [0.3, 0.4) is 0 Å². The Morgan fingerprint density at radius 3 is 2.33 bits per heavy atom. The van der Waals surface area contributed by atoms with E-state index < -0.39 is 32.5 Å². The average molecular weight is 361 g/mol. The lowest BCUT2D eigenvalue weighted by Gasteiger charge is -2.12. The molecule has 0 aromatic heterocycles. The highest BCUT2D eigenvalue weighted by molar-refractivity contribution is 7.92. The van der Waals surface area contributed by atoms with E-state index in [1.165, 1.54) is 31.2 Å². The molecule has 0 aliphatic rings. The van der Waals surface area contributed by atoms with Gasteiger partial charge in [0.1, 0.15) is 5.82 Å². The van der Waals surface area contributed by atoms with E-state index in [0.717, 1.165) is 6.07 Å². The first-order chi connectivity index (χ1) is 11.0. The Bertz CT molecular complexity index is 892. The number of ketones is 1. The molecule has 0 heterocycles. The first kappa shape index (κ1) is 17.9. The van der Waals surface area contributed by atoms with E-state index in [1.807, 2.05) is 0 Å². The zero-order chi connectivity index (χ0) is 18.1. The molecule has 2 aromatic carbocycles. The lowest BCUT2D eigenvalue weighted by Crippen LogP contribution is -2.16. The smallest absolute Gasteiger partial charge is 0.295 e. The number of rotatable bonds is 4. The van der Waals surface area contributed by atoms with Crippen LogP contribution in [0.15, 0.2) is 47.4 Å². The highest BCUT2D eigenvalue weighted by Gasteiger charge is 2.35. The van der Waals surface area contributed by atoms with Crippen molar-refractivity contribution in [1.29, 1.82) is 0 Å². The Labute approximate surface area is 135 Å². The maximum atomic E-state index is 13.2. The summed E-state index contributed by atoms with van der Waals surface area (Å²) in [5.41, 5.74) is -1.45. The number of sulfonamides is 1. The Balaban J connectivity index is 2.41. The van der Waals surface area contributed by atoms with E-state index in [1.54, 1.807) is 0 Å². The third kappa shape index (κ3) is 3.91. The molecule has 0 saturated carbocycles. The van der Waals surface area contributed by atoms with E-state index >= 15 is 0 Å². The molecule has 0 amide bonds. The Hall–Kier alpha value is -2.42. The molecule has 9 heteroatoms. The van der Waals surface area contributed by atoms with Crippen molar-refractivity contribution in [1.82, 2.24) is 0 Å². The lowest BCUT2D eigenvalue weighted by molar-refractivity contribution is -0.140. The molecule has 2 rings (SSSR count). The molecule has 0 aliphatic heterocycles. The number of hydrogen-bond acceptors (Lipinski definition) is 3. The van der Waals surface area contributed by atoms with Gasteiger partial charge in [-0.1, -0.05) is 12.1 Å². The number of benzene rings is 2. The van der Waals surface area contributed by atoms with E-state index in [2.05, 4.69) is 4.72 Å². The largest absolute Gasteiger partial charge is 0.419 e. The predicted octanol–water partition coefficient (Wildman–Crippen LogP) is 3.85. The van der Waals surface area contributed by atoms with E-state index in [-0.39, 0.29) is 23.1 Å². The van der Waals surface area contributed by atoms with Gasteiger partial charge in [-0.25, -0.2) is 12.8 Å². The zero-order valence-corrected chi connectivity index (χ0v) is 13.0. The van der Waals surface area contributed by atoms with Gasteiger partial charge in [-0.2, -0.15) is 13.2 Å². The highest BCUT2D eigenvalue weighted by Crippen LogP contribution is 2.33. The van der Waals surface area contributed by atoms with Crippen LogP contribution in [0, 0.1) is 5.82 Å². The maximum Gasteiger partial charge on any atom is 0.419 e. The van der Waals surface area contributed by atoms with Gasteiger partial charge in [0.05, 0.1) is 10.5 Å². The normalized spacial score (nSPS) is 12.0. The molecular formula is C15H11F4NO3S. The summed E-state index contributed by atoms with van der Waals surface area (Å²) in [6.45, 7) is 1.28. The summed E-state index contributed by atoms with van der Waals surface area (Å²) in [5, 5.41) is 0. The molecule has 0 saturated heterocycles. The SMILES string of the molecule is CC(=O)c1cccc(NS(=O)(=O)c2ccc(F)c(C(F)(F)F)c2)c1. The van der Waals surface area contributed by atoms with Crippen molar-refractivity contribution in [3.63, 3.8) is 0 Å². The molecule has 0 aliphatic carbocycles. The minimum Gasteiger partial charge on any atom is -0.295 e. The summed E-state index contributed by atoms with van der Waals surface area (Å²) in [5.74, 6) is -1.88. The number of alkyl halides is 3. The van der Waals surface area contributed by atoms with Crippen LogP contribution in [0.25, 0.3) is 0 Å². The van der Waals surface area contributed by atoms with Crippen molar-refractivity contribution < 1.29 is 30.8 Å². The zero-order valence-electron chi connectivity index (χ0n) is 12.2. The Morgan fingerprint density at radius 2 is 1.75 bits per heavy atom. The van der Waals surface area contributed by atoms with Crippen LogP contribution in [-0.2, 0) is 16.2 Å². The summed E-state index contributed by atoms with van der Waals surface area (Å²) < 4.78 is 77.8. The Kier molecular flexibility index (Phi) is 4.66. The second-order valence-corrected chi connectivity index (χ2v) is 6.56. The molecule has 4 nitrogen and oxygen atoms in total. The molecular weight excluding hydrogens is 350 g/mol. The molecule has 0 spiro atoms. The van der Waals surface area contributed by atoms with Gasteiger partial charge in [0.15, 0.2) is 5.78 Å².